The molecule has 0 atom stereocenters. The van der Waals surface area contributed by atoms with Gasteiger partial charge in [-0.05, 0) is 41.6 Å². The topological polar surface area (TPSA) is 50.7 Å². The molecule has 0 aliphatic carbocycles. The van der Waals surface area contributed by atoms with Gasteiger partial charge in [0.25, 0.3) is 5.91 Å². The zero-order chi connectivity index (χ0) is 20.1. The molecular weight excluding hydrogens is 387 g/mol. The van der Waals surface area contributed by atoms with Crippen molar-refractivity contribution in [3.63, 3.8) is 0 Å². The summed E-state index contributed by atoms with van der Waals surface area (Å²) in [5, 5.41) is 3.02. The molecule has 1 aliphatic rings. The van der Waals surface area contributed by atoms with Crippen molar-refractivity contribution in [2.45, 2.75) is 6.61 Å². The number of hydrogen-bond donors (Lipinski definition) is 1. The molecule has 0 bridgehead atoms. The van der Waals surface area contributed by atoms with Crippen molar-refractivity contribution >= 4 is 34.6 Å². The summed E-state index contributed by atoms with van der Waals surface area (Å²) in [5.41, 5.74) is 2.03. The smallest absolute Gasteiger partial charge is 0.264 e. The number of benzene rings is 3. The number of rotatable bonds is 5. The molecule has 4 rings (SSSR count). The van der Waals surface area contributed by atoms with Gasteiger partial charge in [0.15, 0.2) is 5.17 Å². The molecule has 0 aromatic heterocycles. The zero-order valence-electron chi connectivity index (χ0n) is 15.3. The Hall–Kier alpha value is -3.38. The van der Waals surface area contributed by atoms with E-state index in [9.17, 15) is 9.18 Å². The molecule has 0 unspecified atom stereocenters. The Balaban J connectivity index is 1.54. The first-order valence-corrected chi connectivity index (χ1v) is 9.80. The lowest BCUT2D eigenvalue weighted by Gasteiger charge is -2.09. The lowest BCUT2D eigenvalue weighted by Crippen LogP contribution is -2.19. The van der Waals surface area contributed by atoms with Crippen LogP contribution in [0.25, 0.3) is 6.08 Å². The van der Waals surface area contributed by atoms with Crippen molar-refractivity contribution in [3.05, 3.63) is 101 Å². The quantitative estimate of drug-likeness (QED) is 0.588. The van der Waals surface area contributed by atoms with Crippen LogP contribution in [-0.4, -0.2) is 11.1 Å². The minimum Gasteiger partial charge on any atom is -0.488 e. The molecule has 0 spiro atoms. The normalized spacial score (nSPS) is 16.2. The number of para-hydroxylation sites is 2. The standard InChI is InChI=1S/C23H17FN2O2S/c24-18-11-5-6-12-19(18)25-23-26-22(27)21(29-23)14-17-10-4-7-13-20(17)28-15-16-8-2-1-3-9-16/h1-14H,15H2,(H,25,26,27)/b21-14-. The fourth-order valence-corrected chi connectivity index (χ4v) is 3.57. The number of ether oxygens (including phenoxy) is 1. The van der Waals surface area contributed by atoms with Crippen molar-refractivity contribution in [2.75, 3.05) is 0 Å². The van der Waals surface area contributed by atoms with E-state index >= 15 is 0 Å². The van der Waals surface area contributed by atoms with Crippen molar-refractivity contribution in [2.24, 2.45) is 4.99 Å². The monoisotopic (exact) mass is 404 g/mol. The predicted molar refractivity (Wildman–Crippen MR) is 114 cm³/mol. The van der Waals surface area contributed by atoms with Crippen LogP contribution in [0.5, 0.6) is 5.75 Å². The number of amides is 1. The van der Waals surface area contributed by atoms with Crippen molar-refractivity contribution in [1.82, 2.24) is 5.32 Å². The van der Waals surface area contributed by atoms with Crippen LogP contribution in [0.2, 0.25) is 0 Å². The average Bonchev–Trinajstić information content (AvgIpc) is 3.08. The Bertz CT molecular complexity index is 1100. The van der Waals surface area contributed by atoms with E-state index in [0.717, 1.165) is 11.1 Å². The van der Waals surface area contributed by atoms with Gasteiger partial charge in [0.1, 0.15) is 23.9 Å². The molecule has 1 amide bonds. The number of halogens is 1. The Morgan fingerprint density at radius 2 is 1.69 bits per heavy atom. The highest BCUT2D eigenvalue weighted by Crippen LogP contribution is 2.31. The van der Waals surface area contributed by atoms with Crippen LogP contribution in [0.3, 0.4) is 0 Å². The van der Waals surface area contributed by atoms with E-state index in [-0.39, 0.29) is 11.6 Å². The number of carbonyl (C=O) groups is 1. The van der Waals surface area contributed by atoms with Gasteiger partial charge < -0.3 is 10.1 Å². The molecule has 144 valence electrons. The third kappa shape index (κ3) is 4.73. The molecule has 3 aromatic carbocycles. The summed E-state index contributed by atoms with van der Waals surface area (Å²) in [6, 6.07) is 23.6. The van der Waals surface area contributed by atoms with Gasteiger partial charge in [-0.15, -0.1) is 0 Å². The minimum atomic E-state index is -0.438. The third-order valence-electron chi connectivity index (χ3n) is 4.17. The molecule has 0 saturated carbocycles. The van der Waals surface area contributed by atoms with Gasteiger partial charge in [0.2, 0.25) is 0 Å². The minimum absolute atomic E-state index is 0.183. The molecule has 1 fully saturated rings. The summed E-state index contributed by atoms with van der Waals surface area (Å²) < 4.78 is 19.7. The first-order chi connectivity index (χ1) is 14.2. The summed E-state index contributed by atoms with van der Waals surface area (Å²) in [7, 11) is 0. The SMILES string of the molecule is O=C1NC(=Nc2ccccc2F)S/C1=C\c1ccccc1OCc1ccccc1. The van der Waals surface area contributed by atoms with Gasteiger partial charge >= 0.3 is 0 Å². The van der Waals surface area contributed by atoms with E-state index in [4.69, 9.17) is 4.74 Å². The van der Waals surface area contributed by atoms with Gasteiger partial charge in [0.05, 0.1) is 4.91 Å². The van der Waals surface area contributed by atoms with Gasteiger partial charge in [-0.3, -0.25) is 4.79 Å². The molecule has 0 radical (unpaired) electrons. The van der Waals surface area contributed by atoms with Gasteiger partial charge in [-0.1, -0.05) is 60.7 Å². The first kappa shape index (κ1) is 19.0. The highest BCUT2D eigenvalue weighted by Gasteiger charge is 2.24. The molecular formula is C23H17FN2O2S. The Kier molecular flexibility index (Phi) is 5.72. The summed E-state index contributed by atoms with van der Waals surface area (Å²) in [6.07, 6.45) is 1.75. The van der Waals surface area contributed by atoms with E-state index in [1.807, 2.05) is 54.6 Å². The fraction of sp³-hybridized carbons (Fsp3) is 0.0435. The largest absolute Gasteiger partial charge is 0.488 e. The van der Waals surface area contributed by atoms with E-state index in [1.54, 1.807) is 24.3 Å². The molecule has 1 saturated heterocycles. The number of thioether (sulfide) groups is 1. The number of nitrogens with one attached hydrogen (secondary N) is 1. The highest BCUT2D eigenvalue weighted by atomic mass is 32.2. The number of carbonyl (C=O) groups excluding carboxylic acids is 1. The number of nitrogens with zero attached hydrogens (tertiary/aromatic N) is 1. The molecule has 4 nitrogen and oxygen atoms in total. The number of hydrogen-bond acceptors (Lipinski definition) is 4. The Labute approximate surface area is 172 Å². The molecule has 1 N–H and O–H groups in total. The van der Waals surface area contributed by atoms with Crippen molar-refractivity contribution in [1.29, 1.82) is 0 Å². The molecule has 1 heterocycles. The maximum atomic E-state index is 13.8. The lowest BCUT2D eigenvalue weighted by atomic mass is 10.2. The van der Waals surface area contributed by atoms with Crippen LogP contribution in [0.15, 0.2) is 88.8 Å². The van der Waals surface area contributed by atoms with E-state index in [1.165, 1.54) is 17.8 Å². The van der Waals surface area contributed by atoms with E-state index in [0.29, 0.717) is 22.4 Å². The van der Waals surface area contributed by atoms with Crippen LogP contribution in [0.1, 0.15) is 11.1 Å². The van der Waals surface area contributed by atoms with Crippen LogP contribution in [-0.2, 0) is 11.4 Å². The summed E-state index contributed by atoms with van der Waals surface area (Å²) in [4.78, 5) is 17.0. The second-order valence-electron chi connectivity index (χ2n) is 6.25. The molecule has 6 heteroatoms. The van der Waals surface area contributed by atoms with Crippen LogP contribution in [0, 0.1) is 5.82 Å². The first-order valence-electron chi connectivity index (χ1n) is 8.99. The second-order valence-corrected chi connectivity index (χ2v) is 7.28. The predicted octanol–water partition coefficient (Wildman–Crippen LogP) is 5.30. The van der Waals surface area contributed by atoms with E-state index < -0.39 is 5.82 Å². The van der Waals surface area contributed by atoms with E-state index in [2.05, 4.69) is 10.3 Å². The fourth-order valence-electron chi connectivity index (χ4n) is 2.74. The van der Waals surface area contributed by atoms with Crippen molar-refractivity contribution < 1.29 is 13.9 Å². The van der Waals surface area contributed by atoms with Gasteiger partial charge in [0, 0.05) is 5.56 Å². The zero-order valence-corrected chi connectivity index (χ0v) is 16.2. The maximum absolute atomic E-state index is 13.8. The summed E-state index contributed by atoms with van der Waals surface area (Å²) in [6.45, 7) is 0.431. The van der Waals surface area contributed by atoms with Crippen LogP contribution >= 0.6 is 11.8 Å². The molecule has 29 heavy (non-hydrogen) atoms. The molecule has 3 aromatic rings. The molecule has 1 aliphatic heterocycles. The maximum Gasteiger partial charge on any atom is 0.264 e. The second kappa shape index (κ2) is 8.75. The lowest BCUT2D eigenvalue weighted by molar-refractivity contribution is -0.115. The van der Waals surface area contributed by atoms with Crippen LogP contribution < -0.4 is 10.1 Å². The summed E-state index contributed by atoms with van der Waals surface area (Å²) in [5.74, 6) is -0.0355. The third-order valence-corrected chi connectivity index (χ3v) is 5.08. The number of aliphatic imine (C=N–C) groups is 1. The van der Waals surface area contributed by atoms with Crippen LogP contribution in [0.4, 0.5) is 10.1 Å². The summed E-state index contributed by atoms with van der Waals surface area (Å²) >= 11 is 1.17. The van der Waals surface area contributed by atoms with Crippen molar-refractivity contribution in [3.8, 4) is 5.75 Å². The average molecular weight is 404 g/mol. The Morgan fingerprint density at radius 1 is 0.966 bits per heavy atom. The Morgan fingerprint density at radius 3 is 2.52 bits per heavy atom. The highest BCUT2D eigenvalue weighted by molar-refractivity contribution is 8.18. The number of amidine groups is 1. The van der Waals surface area contributed by atoms with Gasteiger partial charge in [-0.25, -0.2) is 9.38 Å². The van der Waals surface area contributed by atoms with Gasteiger partial charge in [-0.2, -0.15) is 0 Å².